The van der Waals surface area contributed by atoms with Crippen LogP contribution in [0.5, 0.6) is 0 Å². The van der Waals surface area contributed by atoms with Crippen molar-refractivity contribution in [3.8, 4) is 0 Å². The molecule has 106 valence electrons. The molecule has 0 atom stereocenters. The van der Waals surface area contributed by atoms with Crippen LogP contribution < -0.4 is 37.2 Å². The summed E-state index contributed by atoms with van der Waals surface area (Å²) in [4.78, 5) is 0. The van der Waals surface area contributed by atoms with Crippen LogP contribution in [-0.2, 0) is 31.1 Å². The van der Waals surface area contributed by atoms with Crippen molar-refractivity contribution in [3.05, 3.63) is 62.5 Å². The van der Waals surface area contributed by atoms with Crippen LogP contribution in [0.2, 0.25) is 0 Å². The van der Waals surface area contributed by atoms with Crippen LogP contribution in [0, 0.1) is 0 Å². The normalized spacial score (nSPS) is 13.6. The third-order valence-corrected chi connectivity index (χ3v) is 3.97. The standard InChI is InChI=1S/C11H12.C5H5.3ClH.Zr/c1-2-9-7-10-5-3-4-6-11(10)8-9;1-2-4-5-3-1;;;;/h3-7H,2,8H2,1H3;1-3H,4H2;3*1H;/q;;;;;+3/p-3. The van der Waals surface area contributed by atoms with Gasteiger partial charge < -0.3 is 37.2 Å². The molecule has 0 spiro atoms. The summed E-state index contributed by atoms with van der Waals surface area (Å²) >= 11 is 1.56. The summed E-state index contributed by atoms with van der Waals surface area (Å²) in [6.45, 7) is 2.22. The van der Waals surface area contributed by atoms with Gasteiger partial charge in [0.05, 0.1) is 0 Å². The van der Waals surface area contributed by atoms with Crippen LogP contribution in [0.25, 0.3) is 6.08 Å². The number of benzene rings is 1. The van der Waals surface area contributed by atoms with E-state index in [-0.39, 0.29) is 37.2 Å². The van der Waals surface area contributed by atoms with Crippen molar-refractivity contribution in [2.24, 2.45) is 0 Å². The second-order valence-corrected chi connectivity index (χ2v) is 5.93. The van der Waals surface area contributed by atoms with Crippen LogP contribution in [0.15, 0.2) is 51.3 Å². The van der Waals surface area contributed by atoms with Crippen LogP contribution in [-0.4, -0.2) is 0 Å². The van der Waals surface area contributed by atoms with E-state index in [0.717, 1.165) is 0 Å². The fourth-order valence-electron chi connectivity index (χ4n) is 2.03. The summed E-state index contributed by atoms with van der Waals surface area (Å²) in [5.41, 5.74) is 4.47. The molecule has 0 fully saturated rings. The second kappa shape index (κ2) is 11.8. The Morgan fingerprint density at radius 2 is 1.80 bits per heavy atom. The van der Waals surface area contributed by atoms with Gasteiger partial charge in [-0.2, -0.15) is 0 Å². The van der Waals surface area contributed by atoms with E-state index in [1.165, 1.54) is 30.4 Å². The predicted molar refractivity (Wildman–Crippen MR) is 70.3 cm³/mol. The van der Waals surface area contributed by atoms with Gasteiger partial charge in [0.2, 0.25) is 0 Å². The zero-order chi connectivity index (χ0) is 12.1. The molecule has 1 aromatic carbocycles. The summed E-state index contributed by atoms with van der Waals surface area (Å²) in [5.74, 6) is 0. The van der Waals surface area contributed by atoms with E-state index in [9.17, 15) is 0 Å². The first-order valence-electron chi connectivity index (χ1n) is 6.14. The Balaban J connectivity index is 0. The van der Waals surface area contributed by atoms with Gasteiger partial charge in [0, 0.05) is 0 Å². The van der Waals surface area contributed by atoms with Crippen molar-refractivity contribution in [3.63, 3.8) is 0 Å². The first kappa shape index (κ1) is 22.5. The number of fused-ring (bicyclic) bond motifs is 1. The number of rotatable bonds is 1. The van der Waals surface area contributed by atoms with Crippen LogP contribution in [0.4, 0.5) is 0 Å². The van der Waals surface area contributed by atoms with Crippen molar-refractivity contribution in [2.75, 3.05) is 0 Å². The van der Waals surface area contributed by atoms with Crippen LogP contribution in [0.1, 0.15) is 30.9 Å². The molecule has 2 aliphatic carbocycles. The molecule has 0 saturated carbocycles. The molecule has 0 N–H and O–H groups in total. The average Bonchev–Trinajstić information content (AvgIpc) is 2.97. The number of allylic oxidation sites excluding steroid dienone is 5. The van der Waals surface area contributed by atoms with Crippen molar-refractivity contribution >= 4 is 6.08 Å². The second-order valence-electron chi connectivity index (χ2n) is 4.36. The molecule has 0 aromatic heterocycles. The number of hydrogen-bond acceptors (Lipinski definition) is 0. The third kappa shape index (κ3) is 6.77. The molecule has 4 heteroatoms. The maximum absolute atomic E-state index is 2.31. The maximum atomic E-state index is 2.31. The zero-order valence-electron chi connectivity index (χ0n) is 11.4. The summed E-state index contributed by atoms with van der Waals surface area (Å²) < 4.78 is 1.56. The molecule has 0 unspecified atom stereocenters. The Bertz CT molecular complexity index is 490. The monoisotopic (exact) mass is 404 g/mol. The molecule has 0 heterocycles. The SMILES string of the molecule is CCC1=Cc2ccccc2C1.[Cl-].[Cl-].[Cl-].[Zr+3][C]1=CC=CC1. The van der Waals surface area contributed by atoms with Gasteiger partial charge in [-0.05, 0) is 24.0 Å². The van der Waals surface area contributed by atoms with E-state index in [1.54, 1.807) is 33.6 Å². The third-order valence-electron chi connectivity index (χ3n) is 3.06. The molecule has 0 radical (unpaired) electrons. The Morgan fingerprint density at radius 1 is 1.10 bits per heavy atom. The molecule has 0 saturated heterocycles. The van der Waals surface area contributed by atoms with Crippen LogP contribution >= 0.6 is 0 Å². The average molecular weight is 407 g/mol. The molecule has 0 amide bonds. The van der Waals surface area contributed by atoms with E-state index in [4.69, 9.17) is 0 Å². The first-order valence-corrected chi connectivity index (χ1v) is 7.37. The Morgan fingerprint density at radius 3 is 2.25 bits per heavy atom. The minimum absolute atomic E-state index is 0. The van der Waals surface area contributed by atoms with Gasteiger partial charge in [0.1, 0.15) is 0 Å². The quantitative estimate of drug-likeness (QED) is 0.440. The van der Waals surface area contributed by atoms with Gasteiger partial charge in [0.25, 0.3) is 0 Å². The predicted octanol–water partition coefficient (Wildman–Crippen LogP) is -4.57. The van der Waals surface area contributed by atoms with E-state index in [2.05, 4.69) is 55.5 Å². The number of halogens is 3. The van der Waals surface area contributed by atoms with E-state index >= 15 is 0 Å². The van der Waals surface area contributed by atoms with Gasteiger partial charge in [-0.15, -0.1) is 0 Å². The van der Waals surface area contributed by atoms with Gasteiger partial charge in [-0.1, -0.05) is 42.8 Å². The number of hydrogen-bond donors (Lipinski definition) is 0. The Kier molecular flexibility index (Phi) is 13.3. The molecule has 0 aliphatic heterocycles. The molecular formula is C16H17Cl3Zr. The minimum atomic E-state index is 0. The first-order chi connectivity index (χ1) is 8.29. The van der Waals surface area contributed by atoms with Gasteiger partial charge in [-0.25, -0.2) is 0 Å². The van der Waals surface area contributed by atoms with Crippen molar-refractivity contribution < 1.29 is 61.9 Å². The molecule has 3 rings (SSSR count). The van der Waals surface area contributed by atoms with Gasteiger partial charge in [-0.3, -0.25) is 0 Å². The van der Waals surface area contributed by atoms with Gasteiger partial charge >= 0.3 is 52.6 Å². The molecular weight excluding hydrogens is 390 g/mol. The fourth-order valence-corrected chi connectivity index (χ4v) is 2.55. The topological polar surface area (TPSA) is 0 Å². The molecule has 20 heavy (non-hydrogen) atoms. The summed E-state index contributed by atoms with van der Waals surface area (Å²) in [5, 5.41) is 0. The van der Waals surface area contributed by atoms with E-state index < -0.39 is 0 Å². The van der Waals surface area contributed by atoms with Crippen molar-refractivity contribution in [1.82, 2.24) is 0 Å². The van der Waals surface area contributed by atoms with Crippen molar-refractivity contribution in [1.29, 1.82) is 0 Å². The molecule has 0 nitrogen and oxygen atoms in total. The van der Waals surface area contributed by atoms with Gasteiger partial charge in [0.15, 0.2) is 0 Å². The summed E-state index contributed by atoms with van der Waals surface area (Å²) in [7, 11) is 0. The van der Waals surface area contributed by atoms with Crippen molar-refractivity contribution in [2.45, 2.75) is 26.2 Å². The Hall–Kier alpha value is 0.193. The van der Waals surface area contributed by atoms with E-state index in [0.29, 0.717) is 0 Å². The molecule has 1 aromatic rings. The van der Waals surface area contributed by atoms with E-state index in [1.807, 2.05) is 0 Å². The molecule has 2 aliphatic rings. The zero-order valence-corrected chi connectivity index (χ0v) is 16.1. The fraction of sp³-hybridized carbons (Fsp3) is 0.250. The molecule has 0 bridgehead atoms. The summed E-state index contributed by atoms with van der Waals surface area (Å²) in [6.07, 6.45) is 12.4. The summed E-state index contributed by atoms with van der Waals surface area (Å²) in [6, 6.07) is 8.63. The van der Waals surface area contributed by atoms with Crippen LogP contribution in [0.3, 0.4) is 0 Å². The Labute approximate surface area is 155 Å².